The van der Waals surface area contributed by atoms with Gasteiger partial charge in [0, 0.05) is 12.5 Å². The molecule has 1 saturated carbocycles. The van der Waals surface area contributed by atoms with Crippen molar-refractivity contribution in [2.24, 2.45) is 5.92 Å². The van der Waals surface area contributed by atoms with E-state index < -0.39 is 0 Å². The molecule has 1 amide bonds. The Balaban J connectivity index is 1.70. The number of hydrogen-bond acceptors (Lipinski definition) is 5. The zero-order chi connectivity index (χ0) is 12.3. The fourth-order valence-corrected chi connectivity index (χ4v) is 1.34. The first kappa shape index (κ1) is 11.9. The maximum absolute atomic E-state index is 11.4. The van der Waals surface area contributed by atoms with Crippen molar-refractivity contribution >= 4 is 11.9 Å². The van der Waals surface area contributed by atoms with Crippen molar-refractivity contribution in [2.45, 2.75) is 32.6 Å². The Kier molecular flexibility index (Phi) is 3.61. The fraction of sp³-hybridized carbons (Fsp3) is 0.727. The van der Waals surface area contributed by atoms with Gasteiger partial charge < -0.3 is 15.2 Å². The Hall–Kier alpha value is -1.59. The number of aromatic nitrogens is 2. The number of nitrogens with zero attached hydrogens (tertiary/aromatic N) is 2. The van der Waals surface area contributed by atoms with Gasteiger partial charge in [0.15, 0.2) is 5.82 Å². The van der Waals surface area contributed by atoms with Gasteiger partial charge in [0.25, 0.3) is 0 Å². The second kappa shape index (κ2) is 5.16. The monoisotopic (exact) mass is 238 g/mol. The van der Waals surface area contributed by atoms with Crippen molar-refractivity contribution in [1.29, 1.82) is 0 Å². The van der Waals surface area contributed by atoms with Gasteiger partial charge in [0.05, 0.1) is 6.54 Å². The molecule has 94 valence electrons. The lowest BCUT2D eigenvalue weighted by atomic mass is 10.2. The molecule has 2 rings (SSSR count). The largest absolute Gasteiger partial charge is 0.354 e. The summed E-state index contributed by atoms with van der Waals surface area (Å²) in [4.78, 5) is 15.5. The highest BCUT2D eigenvalue weighted by Gasteiger charge is 2.21. The number of rotatable bonds is 6. The molecule has 0 aliphatic heterocycles. The van der Waals surface area contributed by atoms with Crippen LogP contribution in [0.4, 0.5) is 6.01 Å². The number of anilines is 1. The molecule has 1 aliphatic carbocycles. The Morgan fingerprint density at radius 1 is 1.53 bits per heavy atom. The van der Waals surface area contributed by atoms with Crippen LogP contribution in [-0.2, 0) is 4.79 Å². The molecule has 6 heteroatoms. The van der Waals surface area contributed by atoms with Gasteiger partial charge in [-0.25, -0.2) is 0 Å². The van der Waals surface area contributed by atoms with Crippen molar-refractivity contribution in [2.75, 3.05) is 18.4 Å². The highest BCUT2D eigenvalue weighted by Crippen LogP contribution is 2.27. The summed E-state index contributed by atoms with van der Waals surface area (Å²) in [5.41, 5.74) is 0. The van der Waals surface area contributed by atoms with Gasteiger partial charge in [-0.15, -0.1) is 0 Å². The normalized spacial score (nSPS) is 15.0. The summed E-state index contributed by atoms with van der Waals surface area (Å²) in [6, 6.07) is 0.301. The minimum absolute atomic E-state index is 0.0406. The van der Waals surface area contributed by atoms with E-state index in [1.165, 1.54) is 12.8 Å². The van der Waals surface area contributed by atoms with Crippen LogP contribution >= 0.6 is 0 Å². The molecule has 6 nitrogen and oxygen atoms in total. The third-order valence-electron chi connectivity index (χ3n) is 2.64. The molecule has 0 atom stereocenters. The second-order valence-corrected chi connectivity index (χ2v) is 4.71. The van der Waals surface area contributed by atoms with E-state index in [0.29, 0.717) is 17.8 Å². The van der Waals surface area contributed by atoms with Crippen LogP contribution in [0.1, 0.15) is 38.4 Å². The van der Waals surface area contributed by atoms with E-state index in [0.717, 1.165) is 6.54 Å². The van der Waals surface area contributed by atoms with Gasteiger partial charge in [-0.2, -0.15) is 4.98 Å². The quantitative estimate of drug-likeness (QED) is 0.776. The predicted molar refractivity (Wildman–Crippen MR) is 62.6 cm³/mol. The Morgan fingerprint density at radius 3 is 2.88 bits per heavy atom. The summed E-state index contributed by atoms with van der Waals surface area (Å²) >= 11 is 0. The van der Waals surface area contributed by atoms with Crippen molar-refractivity contribution < 1.29 is 9.32 Å². The highest BCUT2D eigenvalue weighted by atomic mass is 16.5. The number of hydrogen-bond donors (Lipinski definition) is 2. The fourth-order valence-electron chi connectivity index (χ4n) is 1.34. The van der Waals surface area contributed by atoms with Crippen LogP contribution in [0.5, 0.6) is 0 Å². The minimum Gasteiger partial charge on any atom is -0.354 e. The second-order valence-electron chi connectivity index (χ2n) is 4.71. The van der Waals surface area contributed by atoms with Crippen LogP contribution in [0.2, 0.25) is 0 Å². The third-order valence-corrected chi connectivity index (χ3v) is 2.64. The van der Waals surface area contributed by atoms with E-state index in [1.807, 2.05) is 13.8 Å². The molecule has 1 aromatic rings. The zero-order valence-electron chi connectivity index (χ0n) is 10.2. The van der Waals surface area contributed by atoms with Gasteiger partial charge in [-0.1, -0.05) is 19.0 Å². The number of nitrogens with one attached hydrogen (secondary N) is 2. The number of amides is 1. The molecule has 2 N–H and O–H groups in total. The summed E-state index contributed by atoms with van der Waals surface area (Å²) in [6.07, 6.45) is 2.46. The molecule has 1 fully saturated rings. The predicted octanol–water partition coefficient (Wildman–Crippen LogP) is 1.13. The standard InChI is InChI=1S/C11H18N4O2/c1-7(2)10-14-11(17-15-10)13-6-9(16)12-5-8-3-4-8/h7-8H,3-6H2,1-2H3,(H,12,16)(H,13,14,15). The van der Waals surface area contributed by atoms with E-state index in [4.69, 9.17) is 4.52 Å². The van der Waals surface area contributed by atoms with E-state index in [2.05, 4.69) is 20.8 Å². The Bertz CT molecular complexity index is 385. The molecular formula is C11H18N4O2. The molecule has 0 spiro atoms. The highest BCUT2D eigenvalue weighted by molar-refractivity contribution is 5.80. The van der Waals surface area contributed by atoms with E-state index in [9.17, 15) is 4.79 Å². The van der Waals surface area contributed by atoms with E-state index in [-0.39, 0.29) is 18.4 Å². The van der Waals surface area contributed by atoms with E-state index in [1.54, 1.807) is 0 Å². The van der Waals surface area contributed by atoms with Crippen LogP contribution < -0.4 is 10.6 Å². The Labute approximate surface area is 100 Å². The summed E-state index contributed by atoms with van der Waals surface area (Å²) in [6.45, 7) is 4.92. The molecule has 1 heterocycles. The van der Waals surface area contributed by atoms with Crippen LogP contribution in [0.25, 0.3) is 0 Å². The summed E-state index contributed by atoms with van der Waals surface area (Å²) in [5, 5.41) is 9.46. The smallest absolute Gasteiger partial charge is 0.321 e. The number of carbonyl (C=O) groups excluding carboxylic acids is 1. The van der Waals surface area contributed by atoms with Crippen molar-refractivity contribution in [3.05, 3.63) is 5.82 Å². The summed E-state index contributed by atoms with van der Waals surface area (Å²) in [7, 11) is 0. The van der Waals surface area contributed by atoms with Gasteiger partial charge >= 0.3 is 6.01 Å². The molecule has 1 aromatic heterocycles. The van der Waals surface area contributed by atoms with Gasteiger partial charge in [-0.3, -0.25) is 4.79 Å². The summed E-state index contributed by atoms with van der Waals surface area (Å²) in [5.74, 6) is 1.51. The minimum atomic E-state index is -0.0406. The molecule has 17 heavy (non-hydrogen) atoms. The van der Waals surface area contributed by atoms with Crippen LogP contribution in [-0.4, -0.2) is 29.1 Å². The van der Waals surface area contributed by atoms with E-state index >= 15 is 0 Å². The first-order valence-corrected chi connectivity index (χ1v) is 5.99. The van der Waals surface area contributed by atoms with Crippen LogP contribution in [0.15, 0.2) is 4.52 Å². The van der Waals surface area contributed by atoms with Crippen molar-refractivity contribution in [3.8, 4) is 0 Å². The van der Waals surface area contributed by atoms with Gasteiger partial charge in [0.1, 0.15) is 0 Å². The molecule has 0 radical (unpaired) electrons. The molecule has 1 aliphatic rings. The van der Waals surface area contributed by atoms with Crippen LogP contribution in [0.3, 0.4) is 0 Å². The summed E-state index contributed by atoms with van der Waals surface area (Å²) < 4.78 is 4.96. The maximum atomic E-state index is 11.4. The van der Waals surface area contributed by atoms with Crippen LogP contribution in [0, 0.1) is 5.92 Å². The molecule has 0 bridgehead atoms. The maximum Gasteiger partial charge on any atom is 0.321 e. The van der Waals surface area contributed by atoms with Gasteiger partial charge in [-0.05, 0) is 18.8 Å². The Morgan fingerprint density at radius 2 is 2.29 bits per heavy atom. The van der Waals surface area contributed by atoms with Crippen molar-refractivity contribution in [3.63, 3.8) is 0 Å². The van der Waals surface area contributed by atoms with Crippen molar-refractivity contribution in [1.82, 2.24) is 15.5 Å². The third kappa shape index (κ3) is 3.72. The lowest BCUT2D eigenvalue weighted by Gasteiger charge is -2.03. The topological polar surface area (TPSA) is 80.0 Å². The average Bonchev–Trinajstić information content (AvgIpc) is 3.00. The molecule has 0 aromatic carbocycles. The average molecular weight is 238 g/mol. The molecule has 0 unspecified atom stereocenters. The first-order valence-electron chi connectivity index (χ1n) is 5.99. The molecular weight excluding hydrogens is 220 g/mol. The number of carbonyl (C=O) groups is 1. The lowest BCUT2D eigenvalue weighted by molar-refractivity contribution is -0.119. The zero-order valence-corrected chi connectivity index (χ0v) is 10.2. The van der Waals surface area contributed by atoms with Gasteiger partial charge in [0.2, 0.25) is 5.91 Å². The first-order chi connectivity index (χ1) is 8.15. The molecule has 0 saturated heterocycles. The SMILES string of the molecule is CC(C)c1noc(NCC(=O)NCC2CC2)n1. The lowest BCUT2D eigenvalue weighted by Crippen LogP contribution is -2.31.